The molecule has 1 unspecified atom stereocenters. The first-order valence-corrected chi connectivity index (χ1v) is 9.98. The van der Waals surface area contributed by atoms with Crippen LogP contribution in [-0.4, -0.2) is 41.5 Å². The summed E-state index contributed by atoms with van der Waals surface area (Å²) >= 11 is 0. The van der Waals surface area contributed by atoms with Gasteiger partial charge in [-0.25, -0.2) is 10.2 Å². The van der Waals surface area contributed by atoms with Gasteiger partial charge in [-0.05, 0) is 13.8 Å². The number of hydrogen-bond donors (Lipinski definition) is 3. The second-order valence-electron chi connectivity index (χ2n) is 4.53. The quantitative estimate of drug-likeness (QED) is 0.252. The van der Waals surface area contributed by atoms with E-state index in [4.69, 9.17) is 9.29 Å². The van der Waals surface area contributed by atoms with Crippen molar-refractivity contribution in [3.05, 3.63) is 0 Å². The summed E-state index contributed by atoms with van der Waals surface area (Å²) in [7, 11) is -1.38. The minimum Gasteiger partial charge on any atom is -0.426 e. The molecule has 7 nitrogen and oxygen atoms in total. The lowest BCUT2D eigenvalue weighted by molar-refractivity contribution is 0.120. The fourth-order valence-electron chi connectivity index (χ4n) is 0.949. The van der Waals surface area contributed by atoms with E-state index in [-0.39, 0.29) is 12.5 Å². The van der Waals surface area contributed by atoms with Crippen molar-refractivity contribution >= 4 is 37.8 Å². The molecule has 3 N–H and O–H groups in total. The van der Waals surface area contributed by atoms with Crippen molar-refractivity contribution in [3.8, 4) is 0 Å². The van der Waals surface area contributed by atoms with Crippen molar-refractivity contribution in [3.63, 3.8) is 0 Å². The average molecular weight is 346 g/mol. The maximum Gasteiger partial charge on any atom is 0.423 e. The molecule has 0 aliphatic carbocycles. The summed E-state index contributed by atoms with van der Waals surface area (Å²) < 4.78 is 36.0. The second-order valence-corrected chi connectivity index (χ2v) is 9.15. The van der Waals surface area contributed by atoms with E-state index < -0.39 is 21.6 Å². The number of carbonyl (C=O) groups excluding carboxylic acids is 1. The third-order valence-corrected chi connectivity index (χ3v) is 5.71. The van der Waals surface area contributed by atoms with E-state index in [1.165, 1.54) is 10.8 Å². The highest BCUT2D eigenvalue weighted by Crippen LogP contribution is 2.27. The Balaban J connectivity index is 4.26. The second kappa shape index (κ2) is 9.72. The Morgan fingerprint density at radius 2 is 1.90 bits per heavy atom. The highest BCUT2D eigenvalue weighted by molar-refractivity contribution is 8.76. The van der Waals surface area contributed by atoms with Crippen molar-refractivity contribution < 1.29 is 22.5 Å². The largest absolute Gasteiger partial charge is 0.426 e. The molecule has 0 radical (unpaired) electrons. The summed E-state index contributed by atoms with van der Waals surface area (Å²) in [5.41, 5.74) is 3.21. The van der Waals surface area contributed by atoms with Gasteiger partial charge in [-0.1, -0.05) is 35.4 Å². The van der Waals surface area contributed by atoms with Gasteiger partial charge in [-0.15, -0.1) is 0 Å². The van der Waals surface area contributed by atoms with Crippen LogP contribution in [0.1, 0.15) is 34.1 Å². The summed E-state index contributed by atoms with van der Waals surface area (Å²) in [5.74, 6) is 0.443. The van der Waals surface area contributed by atoms with Crippen LogP contribution >= 0.6 is 21.6 Å². The van der Waals surface area contributed by atoms with Crippen molar-refractivity contribution in [1.82, 2.24) is 10.9 Å². The van der Waals surface area contributed by atoms with Crippen LogP contribution in [0.25, 0.3) is 0 Å². The van der Waals surface area contributed by atoms with Crippen molar-refractivity contribution in [2.24, 2.45) is 0 Å². The van der Waals surface area contributed by atoms with Crippen molar-refractivity contribution in [1.29, 1.82) is 0 Å². The van der Waals surface area contributed by atoms with Crippen LogP contribution in [0.5, 0.6) is 0 Å². The van der Waals surface area contributed by atoms with Crippen molar-refractivity contribution in [2.45, 2.75) is 50.8 Å². The van der Waals surface area contributed by atoms with Gasteiger partial charge in [0.25, 0.3) is 0 Å². The van der Waals surface area contributed by atoms with Crippen molar-refractivity contribution in [2.75, 3.05) is 5.75 Å². The van der Waals surface area contributed by atoms with Gasteiger partial charge in [0.2, 0.25) is 5.44 Å². The molecular formula is C10H22N2O5S3. The predicted octanol–water partition coefficient (Wildman–Crippen LogP) is 2.02. The number of carbonyl (C=O) groups is 1. The highest BCUT2D eigenvalue weighted by Gasteiger charge is 2.27. The minimum atomic E-state index is -4.43. The van der Waals surface area contributed by atoms with Crippen LogP contribution in [0.2, 0.25) is 0 Å². The third kappa shape index (κ3) is 10.6. The highest BCUT2D eigenvalue weighted by atomic mass is 33.1. The van der Waals surface area contributed by atoms with Gasteiger partial charge in [0.05, 0.1) is 0 Å². The minimum absolute atomic E-state index is 0.0234. The maximum atomic E-state index is 11.4. The topological polar surface area (TPSA) is 105 Å². The first kappa shape index (κ1) is 19.8. The molecule has 0 aromatic rings. The van der Waals surface area contributed by atoms with Gasteiger partial charge in [0.1, 0.15) is 0 Å². The van der Waals surface area contributed by atoms with E-state index in [1.54, 1.807) is 24.6 Å². The van der Waals surface area contributed by atoms with Crippen LogP contribution in [0.15, 0.2) is 0 Å². The monoisotopic (exact) mass is 346 g/mol. The van der Waals surface area contributed by atoms with Crippen LogP contribution in [-0.2, 0) is 14.9 Å². The lowest BCUT2D eigenvalue weighted by Gasteiger charge is -2.16. The lowest BCUT2D eigenvalue weighted by atomic mass is 10.4. The Hall–Kier alpha value is -0.160. The molecule has 0 spiro atoms. The van der Waals surface area contributed by atoms with Crippen LogP contribution in [0.3, 0.4) is 0 Å². The number of nitrogens with one attached hydrogen (secondary N) is 2. The SMILES string of the molecule is CC(C)NNC(=O)OC(CCSSC(C)C)S(=O)(=O)O. The molecule has 0 aromatic carbocycles. The zero-order chi connectivity index (χ0) is 15.8. The zero-order valence-corrected chi connectivity index (χ0v) is 14.4. The Labute approximate surface area is 128 Å². The molecule has 120 valence electrons. The Morgan fingerprint density at radius 1 is 1.30 bits per heavy atom. The molecule has 1 amide bonds. The van der Waals surface area contributed by atoms with Crippen LogP contribution < -0.4 is 10.9 Å². The summed E-state index contributed by atoms with van der Waals surface area (Å²) in [5, 5.41) is 0.406. The molecule has 10 heteroatoms. The molecular weight excluding hydrogens is 324 g/mol. The van der Waals surface area contributed by atoms with Gasteiger partial charge in [-0.2, -0.15) is 8.42 Å². The molecule has 0 saturated heterocycles. The molecule has 0 bridgehead atoms. The lowest BCUT2D eigenvalue weighted by Crippen LogP contribution is -2.44. The van der Waals surface area contributed by atoms with E-state index in [2.05, 4.69) is 10.9 Å². The molecule has 0 rings (SSSR count). The molecule has 20 heavy (non-hydrogen) atoms. The molecule has 0 aliphatic rings. The molecule has 0 aromatic heterocycles. The molecule has 1 atom stereocenters. The van der Waals surface area contributed by atoms with E-state index in [0.717, 1.165) is 0 Å². The fourth-order valence-corrected chi connectivity index (χ4v) is 3.80. The Morgan fingerprint density at radius 3 is 2.35 bits per heavy atom. The normalized spacial score (nSPS) is 13.6. The Kier molecular flexibility index (Phi) is 9.64. The average Bonchev–Trinajstić information content (AvgIpc) is 2.28. The smallest absolute Gasteiger partial charge is 0.423 e. The summed E-state index contributed by atoms with van der Waals surface area (Å²) in [6, 6.07) is -0.0234. The van der Waals surface area contributed by atoms with Gasteiger partial charge < -0.3 is 4.74 Å². The van der Waals surface area contributed by atoms with Crippen LogP contribution in [0, 0.1) is 0 Å². The first-order chi connectivity index (χ1) is 9.12. The van der Waals surface area contributed by atoms with Gasteiger partial charge in [0, 0.05) is 23.5 Å². The summed E-state index contributed by atoms with van der Waals surface area (Å²) in [6.45, 7) is 7.61. The van der Waals surface area contributed by atoms with Gasteiger partial charge in [-0.3, -0.25) is 9.98 Å². The summed E-state index contributed by atoms with van der Waals surface area (Å²) in [6.07, 6.45) is -0.916. The zero-order valence-electron chi connectivity index (χ0n) is 12.0. The first-order valence-electron chi connectivity index (χ1n) is 6.09. The number of amides is 1. The van der Waals surface area contributed by atoms with E-state index in [9.17, 15) is 13.2 Å². The standard InChI is InChI=1S/C10H22N2O5S3/c1-7(2)11-12-10(13)17-9(20(14,15)16)5-6-18-19-8(3)4/h7-9,11H,5-6H2,1-4H3,(H,12,13)(H,14,15,16). The maximum absolute atomic E-state index is 11.4. The number of ether oxygens (including phenoxy) is 1. The third-order valence-electron chi connectivity index (χ3n) is 1.73. The predicted molar refractivity (Wildman–Crippen MR) is 83.0 cm³/mol. The Bertz CT molecular complexity index is 386. The van der Waals surface area contributed by atoms with E-state index >= 15 is 0 Å². The number of hydrogen-bond acceptors (Lipinski definition) is 7. The molecule has 0 aliphatic heterocycles. The molecule has 0 saturated carbocycles. The van der Waals surface area contributed by atoms with Gasteiger partial charge in [0.15, 0.2) is 0 Å². The fraction of sp³-hybridized carbons (Fsp3) is 0.900. The van der Waals surface area contributed by atoms with E-state index in [0.29, 0.717) is 11.0 Å². The van der Waals surface area contributed by atoms with Crippen LogP contribution in [0.4, 0.5) is 4.79 Å². The van der Waals surface area contributed by atoms with E-state index in [1.807, 2.05) is 13.8 Å². The summed E-state index contributed by atoms with van der Waals surface area (Å²) in [4.78, 5) is 11.4. The molecule has 0 fully saturated rings. The number of hydrazine groups is 1. The molecule has 0 heterocycles. The van der Waals surface area contributed by atoms with Gasteiger partial charge >= 0.3 is 16.2 Å². The number of rotatable bonds is 9.